The van der Waals surface area contributed by atoms with Crippen molar-refractivity contribution >= 4 is 5.91 Å². The lowest BCUT2D eigenvalue weighted by Gasteiger charge is -2.32. The van der Waals surface area contributed by atoms with Crippen LogP contribution in [0, 0.1) is 5.92 Å². The van der Waals surface area contributed by atoms with Crippen LogP contribution in [0.4, 0.5) is 0 Å². The molecule has 4 heteroatoms. The highest BCUT2D eigenvalue weighted by atomic mass is 16.1. The highest BCUT2D eigenvalue weighted by Crippen LogP contribution is 2.13. The average Bonchev–Trinajstić information content (AvgIpc) is 2.90. The summed E-state index contributed by atoms with van der Waals surface area (Å²) in [5.41, 5.74) is 0. The quantitative estimate of drug-likeness (QED) is 0.767. The summed E-state index contributed by atoms with van der Waals surface area (Å²) in [6.07, 6.45) is 5.83. The van der Waals surface area contributed by atoms with Crippen molar-refractivity contribution in [1.82, 2.24) is 15.5 Å². The topological polar surface area (TPSA) is 44.4 Å². The molecule has 2 heterocycles. The van der Waals surface area contributed by atoms with E-state index in [-0.39, 0.29) is 5.91 Å². The first kappa shape index (κ1) is 13.8. The summed E-state index contributed by atoms with van der Waals surface area (Å²) < 4.78 is 0. The van der Waals surface area contributed by atoms with Gasteiger partial charge in [-0.15, -0.1) is 0 Å². The van der Waals surface area contributed by atoms with Gasteiger partial charge in [-0.2, -0.15) is 0 Å². The van der Waals surface area contributed by atoms with Crippen molar-refractivity contribution in [3.8, 4) is 0 Å². The summed E-state index contributed by atoms with van der Waals surface area (Å²) in [5, 5.41) is 6.40. The second-order valence-electron chi connectivity index (χ2n) is 5.81. The first-order chi connectivity index (χ1) is 8.75. The molecule has 2 atom stereocenters. The molecule has 2 saturated heterocycles. The monoisotopic (exact) mass is 253 g/mol. The van der Waals surface area contributed by atoms with Crippen LogP contribution in [0.3, 0.4) is 0 Å². The Hall–Kier alpha value is -0.610. The molecule has 2 unspecified atom stereocenters. The fourth-order valence-corrected chi connectivity index (χ4v) is 2.97. The Morgan fingerprint density at radius 3 is 2.83 bits per heavy atom. The normalized spacial score (nSPS) is 27.1. The molecule has 18 heavy (non-hydrogen) atoms. The molecule has 0 aliphatic carbocycles. The van der Waals surface area contributed by atoms with Crippen LogP contribution < -0.4 is 10.6 Å². The number of nitrogens with one attached hydrogen (secondary N) is 2. The molecule has 2 rings (SSSR count). The van der Waals surface area contributed by atoms with Crippen LogP contribution >= 0.6 is 0 Å². The van der Waals surface area contributed by atoms with Gasteiger partial charge < -0.3 is 10.6 Å². The number of piperidine rings is 1. The van der Waals surface area contributed by atoms with E-state index in [9.17, 15) is 4.79 Å². The highest BCUT2D eigenvalue weighted by Gasteiger charge is 2.20. The molecule has 0 radical (unpaired) electrons. The molecule has 0 aromatic heterocycles. The maximum absolute atomic E-state index is 11.8. The predicted octanol–water partition coefficient (Wildman–Crippen LogP) is 0.977. The van der Waals surface area contributed by atoms with Crippen molar-refractivity contribution in [2.24, 2.45) is 5.92 Å². The van der Waals surface area contributed by atoms with Gasteiger partial charge in [-0.1, -0.05) is 6.42 Å². The Kier molecular flexibility index (Phi) is 5.45. The maximum Gasteiger partial charge on any atom is 0.220 e. The van der Waals surface area contributed by atoms with E-state index in [4.69, 9.17) is 0 Å². The predicted molar refractivity (Wildman–Crippen MR) is 73.5 cm³/mol. The number of rotatable bonds is 5. The van der Waals surface area contributed by atoms with Gasteiger partial charge in [-0.3, -0.25) is 9.69 Å². The van der Waals surface area contributed by atoms with Crippen molar-refractivity contribution in [2.45, 2.75) is 45.1 Å². The van der Waals surface area contributed by atoms with Crippen molar-refractivity contribution in [2.75, 3.05) is 32.7 Å². The Bertz CT molecular complexity index is 258. The lowest BCUT2D eigenvalue weighted by atomic mass is 10.0. The van der Waals surface area contributed by atoms with E-state index in [0.717, 1.165) is 26.1 Å². The molecule has 0 aromatic rings. The number of carbonyl (C=O) groups is 1. The molecule has 0 aromatic carbocycles. The van der Waals surface area contributed by atoms with Gasteiger partial charge in [0, 0.05) is 19.0 Å². The van der Waals surface area contributed by atoms with Gasteiger partial charge in [0.25, 0.3) is 0 Å². The molecule has 2 fully saturated rings. The van der Waals surface area contributed by atoms with Gasteiger partial charge in [0.2, 0.25) is 5.91 Å². The first-order valence-electron chi connectivity index (χ1n) is 7.47. The zero-order valence-corrected chi connectivity index (χ0v) is 11.6. The fourth-order valence-electron chi connectivity index (χ4n) is 2.97. The van der Waals surface area contributed by atoms with E-state index in [1.807, 2.05) is 0 Å². The number of hydrogen-bond acceptors (Lipinski definition) is 3. The highest BCUT2D eigenvalue weighted by molar-refractivity contribution is 5.76. The molecule has 0 saturated carbocycles. The minimum Gasteiger partial charge on any atom is -0.355 e. The minimum atomic E-state index is 0.229. The van der Waals surface area contributed by atoms with Gasteiger partial charge in [-0.05, 0) is 58.3 Å². The molecular formula is C14H27N3O. The van der Waals surface area contributed by atoms with E-state index in [2.05, 4.69) is 22.5 Å². The molecule has 2 aliphatic rings. The van der Waals surface area contributed by atoms with Crippen LogP contribution in [0.5, 0.6) is 0 Å². The summed E-state index contributed by atoms with van der Waals surface area (Å²) in [7, 11) is 0. The number of nitrogens with zero attached hydrogens (tertiary/aromatic N) is 1. The standard InChI is InChI=1S/C14H27N3O/c1-12(17-7-3-2-4-8-17)10-16-14(18)9-13-5-6-15-11-13/h12-13,15H,2-11H2,1H3,(H,16,18). The van der Waals surface area contributed by atoms with Crippen LogP contribution in [0.15, 0.2) is 0 Å². The van der Waals surface area contributed by atoms with Crippen LogP contribution in [0.1, 0.15) is 39.0 Å². The third-order valence-electron chi connectivity index (χ3n) is 4.25. The van der Waals surface area contributed by atoms with Crippen LogP contribution in [0.2, 0.25) is 0 Å². The number of carbonyl (C=O) groups excluding carboxylic acids is 1. The van der Waals surface area contributed by atoms with Crippen molar-refractivity contribution < 1.29 is 4.79 Å². The number of amides is 1. The van der Waals surface area contributed by atoms with Crippen molar-refractivity contribution in [3.63, 3.8) is 0 Å². The van der Waals surface area contributed by atoms with E-state index in [0.29, 0.717) is 18.4 Å². The molecule has 104 valence electrons. The van der Waals surface area contributed by atoms with Gasteiger partial charge in [0.1, 0.15) is 0 Å². The van der Waals surface area contributed by atoms with Gasteiger partial charge in [-0.25, -0.2) is 0 Å². The van der Waals surface area contributed by atoms with E-state index >= 15 is 0 Å². The SMILES string of the molecule is CC(CNC(=O)CC1CCNC1)N1CCCCC1. The minimum absolute atomic E-state index is 0.229. The maximum atomic E-state index is 11.8. The third-order valence-corrected chi connectivity index (χ3v) is 4.25. The summed E-state index contributed by atoms with van der Waals surface area (Å²) in [4.78, 5) is 14.3. The molecule has 2 N–H and O–H groups in total. The number of hydrogen-bond donors (Lipinski definition) is 2. The zero-order valence-electron chi connectivity index (χ0n) is 11.6. The van der Waals surface area contributed by atoms with Crippen molar-refractivity contribution in [1.29, 1.82) is 0 Å². The fraction of sp³-hybridized carbons (Fsp3) is 0.929. The molecule has 4 nitrogen and oxygen atoms in total. The van der Waals surface area contributed by atoms with Gasteiger partial charge in [0.15, 0.2) is 0 Å². The van der Waals surface area contributed by atoms with E-state index in [1.54, 1.807) is 0 Å². The van der Waals surface area contributed by atoms with Gasteiger partial charge >= 0.3 is 0 Å². The second kappa shape index (κ2) is 7.10. The molecule has 2 aliphatic heterocycles. The lowest BCUT2D eigenvalue weighted by Crippen LogP contribution is -2.44. The number of likely N-dealkylation sites (tertiary alicyclic amines) is 1. The lowest BCUT2D eigenvalue weighted by molar-refractivity contribution is -0.122. The molecule has 0 spiro atoms. The molecular weight excluding hydrogens is 226 g/mol. The van der Waals surface area contributed by atoms with Crippen LogP contribution in [-0.2, 0) is 4.79 Å². The van der Waals surface area contributed by atoms with E-state index < -0.39 is 0 Å². The van der Waals surface area contributed by atoms with E-state index in [1.165, 1.54) is 32.4 Å². The Labute approximate surface area is 110 Å². The largest absolute Gasteiger partial charge is 0.355 e. The first-order valence-corrected chi connectivity index (χ1v) is 7.47. The summed E-state index contributed by atoms with van der Waals surface area (Å²) in [6, 6.07) is 0.482. The average molecular weight is 253 g/mol. The Morgan fingerprint density at radius 1 is 1.39 bits per heavy atom. The van der Waals surface area contributed by atoms with Crippen LogP contribution in [-0.4, -0.2) is 49.6 Å². The Morgan fingerprint density at radius 2 is 2.17 bits per heavy atom. The van der Waals surface area contributed by atoms with Crippen LogP contribution in [0.25, 0.3) is 0 Å². The summed E-state index contributed by atoms with van der Waals surface area (Å²) in [6.45, 7) is 7.51. The molecule has 0 bridgehead atoms. The summed E-state index contributed by atoms with van der Waals surface area (Å²) in [5.74, 6) is 0.780. The second-order valence-corrected chi connectivity index (χ2v) is 5.81. The smallest absolute Gasteiger partial charge is 0.220 e. The van der Waals surface area contributed by atoms with Crippen molar-refractivity contribution in [3.05, 3.63) is 0 Å². The summed E-state index contributed by atoms with van der Waals surface area (Å²) >= 11 is 0. The van der Waals surface area contributed by atoms with Gasteiger partial charge in [0.05, 0.1) is 0 Å². The zero-order chi connectivity index (χ0) is 12.8. The Balaban J connectivity index is 1.61. The molecule has 1 amide bonds. The third kappa shape index (κ3) is 4.25.